The first kappa shape index (κ1) is 17.6. The number of anilines is 1. The molecule has 2 aromatic carbocycles. The van der Waals surface area contributed by atoms with Crippen molar-refractivity contribution in [1.82, 2.24) is 10.2 Å². The summed E-state index contributed by atoms with van der Waals surface area (Å²) in [4.78, 5) is 12.2. The molecule has 26 heavy (non-hydrogen) atoms. The van der Waals surface area contributed by atoms with Gasteiger partial charge in [0.25, 0.3) is 0 Å². The third kappa shape index (κ3) is 4.66. The van der Waals surface area contributed by atoms with E-state index in [4.69, 9.17) is 4.74 Å². The first-order valence-corrected chi connectivity index (χ1v) is 8.56. The normalized spacial score (nSPS) is 10.4. The molecule has 5 nitrogen and oxygen atoms in total. The van der Waals surface area contributed by atoms with Gasteiger partial charge >= 0.3 is 0 Å². The van der Waals surface area contributed by atoms with E-state index in [2.05, 4.69) is 15.5 Å². The third-order valence-corrected chi connectivity index (χ3v) is 3.84. The van der Waals surface area contributed by atoms with Crippen molar-refractivity contribution in [2.45, 2.75) is 20.3 Å². The lowest BCUT2D eigenvalue weighted by atomic mass is 10.1. The largest absolute Gasteiger partial charge is 0.477 e. The highest BCUT2D eigenvalue weighted by atomic mass is 16.5. The number of nitrogens with zero attached hydrogens (tertiary/aromatic N) is 2. The van der Waals surface area contributed by atoms with Crippen molar-refractivity contribution in [3.63, 3.8) is 0 Å². The predicted octanol–water partition coefficient (Wildman–Crippen LogP) is 4.03. The van der Waals surface area contributed by atoms with Gasteiger partial charge in [-0.05, 0) is 37.6 Å². The molecule has 0 unspecified atom stereocenters. The number of amides is 1. The second kappa shape index (κ2) is 8.25. The average molecular weight is 347 g/mol. The lowest BCUT2D eigenvalue weighted by molar-refractivity contribution is -0.115. The van der Waals surface area contributed by atoms with E-state index in [0.29, 0.717) is 18.9 Å². The van der Waals surface area contributed by atoms with Gasteiger partial charge in [-0.15, -0.1) is 10.2 Å². The summed E-state index contributed by atoms with van der Waals surface area (Å²) in [5, 5.41) is 11.1. The zero-order valence-corrected chi connectivity index (χ0v) is 14.9. The summed E-state index contributed by atoms with van der Waals surface area (Å²) < 4.78 is 5.29. The summed E-state index contributed by atoms with van der Waals surface area (Å²) in [6.07, 6.45) is 0.355. The first-order chi connectivity index (χ1) is 12.6. The Kier molecular flexibility index (Phi) is 5.59. The fourth-order valence-electron chi connectivity index (χ4n) is 2.64. The molecule has 0 radical (unpaired) electrons. The topological polar surface area (TPSA) is 64.1 Å². The zero-order chi connectivity index (χ0) is 18.4. The Bertz CT molecular complexity index is 875. The fourth-order valence-corrected chi connectivity index (χ4v) is 2.64. The zero-order valence-electron chi connectivity index (χ0n) is 14.9. The van der Waals surface area contributed by atoms with Crippen LogP contribution in [-0.2, 0) is 11.2 Å². The molecule has 0 atom stereocenters. The van der Waals surface area contributed by atoms with Gasteiger partial charge in [-0.25, -0.2) is 0 Å². The Morgan fingerprint density at radius 3 is 2.50 bits per heavy atom. The van der Waals surface area contributed by atoms with Gasteiger partial charge in [-0.2, -0.15) is 0 Å². The molecular weight excluding hydrogens is 326 g/mol. The van der Waals surface area contributed by atoms with Gasteiger partial charge in [0.2, 0.25) is 11.8 Å². The molecule has 0 bridgehead atoms. The molecular formula is C21H21N3O2. The monoisotopic (exact) mass is 347 g/mol. The number of benzene rings is 2. The highest BCUT2D eigenvalue weighted by Crippen LogP contribution is 2.20. The van der Waals surface area contributed by atoms with Gasteiger partial charge in [0.1, 0.15) is 0 Å². The minimum absolute atomic E-state index is 0.0378. The van der Waals surface area contributed by atoms with Gasteiger partial charge < -0.3 is 10.1 Å². The smallest absolute Gasteiger partial charge is 0.233 e. The van der Waals surface area contributed by atoms with Crippen LogP contribution in [0.15, 0.2) is 60.7 Å². The molecule has 1 aromatic heterocycles. The van der Waals surface area contributed by atoms with E-state index in [1.54, 1.807) is 6.07 Å². The number of carbonyl (C=O) groups is 1. The van der Waals surface area contributed by atoms with Crippen molar-refractivity contribution in [2.24, 2.45) is 0 Å². The molecule has 0 fully saturated rings. The summed E-state index contributed by atoms with van der Waals surface area (Å²) >= 11 is 0. The number of aryl methyl sites for hydroxylation is 1. The Balaban J connectivity index is 1.62. The van der Waals surface area contributed by atoms with Crippen molar-refractivity contribution < 1.29 is 9.53 Å². The van der Waals surface area contributed by atoms with Crippen LogP contribution >= 0.6 is 0 Å². The number of ether oxygens (including phenoxy) is 1. The lowest BCUT2D eigenvalue weighted by Gasteiger charge is -2.07. The first-order valence-electron chi connectivity index (χ1n) is 8.56. The molecule has 3 aromatic rings. The maximum atomic E-state index is 12.2. The quantitative estimate of drug-likeness (QED) is 0.731. The van der Waals surface area contributed by atoms with Crippen molar-refractivity contribution in [2.75, 3.05) is 11.9 Å². The highest BCUT2D eigenvalue weighted by molar-refractivity contribution is 5.92. The molecule has 5 heteroatoms. The highest BCUT2D eigenvalue weighted by Gasteiger charge is 2.06. The van der Waals surface area contributed by atoms with E-state index < -0.39 is 0 Å². The number of rotatable bonds is 6. The van der Waals surface area contributed by atoms with Gasteiger partial charge in [0, 0.05) is 17.3 Å². The molecule has 0 saturated carbocycles. The van der Waals surface area contributed by atoms with E-state index in [1.165, 1.54) is 0 Å². The van der Waals surface area contributed by atoms with E-state index in [9.17, 15) is 4.79 Å². The summed E-state index contributed by atoms with van der Waals surface area (Å²) in [6.45, 7) is 4.48. The van der Waals surface area contributed by atoms with Crippen LogP contribution in [0.1, 0.15) is 18.1 Å². The van der Waals surface area contributed by atoms with E-state index in [0.717, 1.165) is 28.1 Å². The van der Waals surface area contributed by atoms with Gasteiger partial charge in [-0.1, -0.05) is 42.0 Å². The van der Waals surface area contributed by atoms with Crippen LogP contribution in [0.2, 0.25) is 0 Å². The summed E-state index contributed by atoms with van der Waals surface area (Å²) in [6, 6.07) is 19.2. The molecule has 0 saturated heterocycles. The van der Waals surface area contributed by atoms with E-state index in [1.807, 2.05) is 68.4 Å². The van der Waals surface area contributed by atoms with Crippen LogP contribution in [0.4, 0.5) is 5.69 Å². The molecule has 0 aliphatic carbocycles. The van der Waals surface area contributed by atoms with Crippen LogP contribution in [0.25, 0.3) is 11.3 Å². The van der Waals surface area contributed by atoms with Gasteiger partial charge in [0.05, 0.1) is 18.7 Å². The number of carbonyl (C=O) groups excluding carboxylic acids is 1. The Labute approximate surface area is 153 Å². The second-order valence-electron chi connectivity index (χ2n) is 5.98. The number of aromatic nitrogens is 2. The maximum Gasteiger partial charge on any atom is 0.233 e. The minimum atomic E-state index is -0.0378. The van der Waals surface area contributed by atoms with Crippen LogP contribution in [0.3, 0.4) is 0 Å². The van der Waals surface area contributed by atoms with Crippen LogP contribution in [0.5, 0.6) is 5.88 Å². The van der Waals surface area contributed by atoms with E-state index in [-0.39, 0.29) is 5.91 Å². The second-order valence-corrected chi connectivity index (χ2v) is 5.98. The lowest BCUT2D eigenvalue weighted by Crippen LogP contribution is -2.14. The minimum Gasteiger partial charge on any atom is -0.477 e. The molecule has 1 amide bonds. The molecule has 0 spiro atoms. The molecule has 0 aliphatic heterocycles. The SMILES string of the molecule is CCOc1ccc(-c2ccc(NC(=O)Cc3cccc(C)c3)cc2)nn1. The summed E-state index contributed by atoms with van der Waals surface area (Å²) in [5.41, 5.74) is 4.59. The molecule has 0 aliphatic rings. The van der Waals surface area contributed by atoms with Crippen molar-refractivity contribution in [3.05, 3.63) is 71.8 Å². The predicted molar refractivity (Wildman–Crippen MR) is 102 cm³/mol. The third-order valence-electron chi connectivity index (χ3n) is 3.84. The Morgan fingerprint density at radius 1 is 1.04 bits per heavy atom. The Morgan fingerprint density at radius 2 is 1.85 bits per heavy atom. The molecule has 1 N–H and O–H groups in total. The molecule has 3 rings (SSSR count). The number of hydrogen-bond donors (Lipinski definition) is 1. The summed E-state index contributed by atoms with van der Waals surface area (Å²) in [5.74, 6) is 0.473. The maximum absolute atomic E-state index is 12.2. The Hall–Kier alpha value is -3.21. The standard InChI is InChI=1S/C21H21N3O2/c1-3-26-21-12-11-19(23-24-21)17-7-9-18(10-8-17)22-20(25)14-16-6-4-5-15(2)13-16/h4-13H,3,14H2,1-2H3,(H,22,25). The molecule has 132 valence electrons. The van der Waals surface area contributed by atoms with Crippen LogP contribution in [-0.4, -0.2) is 22.7 Å². The van der Waals surface area contributed by atoms with Crippen molar-refractivity contribution >= 4 is 11.6 Å². The van der Waals surface area contributed by atoms with Crippen LogP contribution < -0.4 is 10.1 Å². The molecule has 1 heterocycles. The van der Waals surface area contributed by atoms with Gasteiger partial charge in [-0.3, -0.25) is 4.79 Å². The fraction of sp³-hybridized carbons (Fsp3) is 0.190. The van der Waals surface area contributed by atoms with E-state index >= 15 is 0 Å². The van der Waals surface area contributed by atoms with Gasteiger partial charge in [0.15, 0.2) is 0 Å². The summed E-state index contributed by atoms with van der Waals surface area (Å²) in [7, 11) is 0. The number of nitrogens with one attached hydrogen (secondary N) is 1. The average Bonchev–Trinajstić information content (AvgIpc) is 2.63. The van der Waals surface area contributed by atoms with Crippen molar-refractivity contribution in [1.29, 1.82) is 0 Å². The van der Waals surface area contributed by atoms with Crippen LogP contribution in [0, 0.1) is 6.92 Å². The van der Waals surface area contributed by atoms with Crippen molar-refractivity contribution in [3.8, 4) is 17.1 Å². The number of hydrogen-bond acceptors (Lipinski definition) is 4.